The van der Waals surface area contributed by atoms with Crippen LogP contribution in [0.5, 0.6) is 0 Å². The van der Waals surface area contributed by atoms with E-state index >= 15 is 0 Å². The Balaban J connectivity index is 1.48. The van der Waals surface area contributed by atoms with Gasteiger partial charge in [-0.1, -0.05) is 6.92 Å². The molecule has 5 rings (SSSR count). The van der Waals surface area contributed by atoms with Crippen LogP contribution in [0.25, 0.3) is 0 Å². The van der Waals surface area contributed by atoms with Crippen LogP contribution in [-0.2, 0) is 19.2 Å². The third kappa shape index (κ3) is 3.43. The Morgan fingerprint density at radius 3 is 2.46 bits per heavy atom. The van der Waals surface area contributed by atoms with E-state index in [-0.39, 0.29) is 62.6 Å². The van der Waals surface area contributed by atoms with Crippen molar-refractivity contribution in [1.29, 1.82) is 0 Å². The quantitative estimate of drug-likeness (QED) is 0.315. The third-order valence-electron chi connectivity index (χ3n) is 10.4. The zero-order chi connectivity index (χ0) is 25.2. The van der Waals surface area contributed by atoms with Gasteiger partial charge in [0.25, 0.3) is 10.2 Å². The number of hydrogen-bond donors (Lipinski definition) is 2. The fourth-order valence-electron chi connectivity index (χ4n) is 8.85. The van der Waals surface area contributed by atoms with Crippen molar-refractivity contribution >= 4 is 5.97 Å². The lowest BCUT2D eigenvalue weighted by Crippen LogP contribution is -2.69. The first-order valence-corrected chi connectivity index (χ1v) is 12.3. The van der Waals surface area contributed by atoms with E-state index in [2.05, 4.69) is 6.92 Å². The number of cyclic esters (lactones) is 1. The molecule has 0 aromatic rings. The smallest absolute Gasteiger partial charge is 0.331 e. The number of esters is 1. The molecule has 4 aliphatic carbocycles. The summed E-state index contributed by atoms with van der Waals surface area (Å²) in [7, 11) is 0. The van der Waals surface area contributed by atoms with Crippen LogP contribution in [0.2, 0.25) is 0 Å². The summed E-state index contributed by atoms with van der Waals surface area (Å²) in [6.07, 6.45) is 4.45. The summed E-state index contributed by atoms with van der Waals surface area (Å²) in [5, 5.41) is 44.5. The lowest BCUT2D eigenvalue weighted by molar-refractivity contribution is -0.772. The second-order valence-corrected chi connectivity index (χ2v) is 11.4. The Hall–Kier alpha value is -2.47. The van der Waals surface area contributed by atoms with E-state index in [1.807, 2.05) is 0 Å². The Labute approximate surface area is 201 Å². The van der Waals surface area contributed by atoms with Crippen molar-refractivity contribution in [2.24, 2.45) is 28.6 Å². The highest BCUT2D eigenvalue weighted by molar-refractivity contribution is 5.85. The fraction of sp³-hybridized carbons (Fsp3) is 0.870. The molecule has 0 aromatic carbocycles. The van der Waals surface area contributed by atoms with Gasteiger partial charge >= 0.3 is 5.97 Å². The SMILES string of the molecule is C[C@]12CC[C@H]3C(CCC4(O)CC(O[N+](=O)[O-])CC[C@]34CO[N+](=O)[O-])C1(O)CC[C@H]2C1=CC(=O)OC1. The molecular weight excluding hydrogens is 464 g/mol. The number of rotatable bonds is 6. The monoisotopic (exact) mass is 496 g/mol. The van der Waals surface area contributed by atoms with E-state index < -0.39 is 38.3 Å². The van der Waals surface area contributed by atoms with E-state index in [1.54, 1.807) is 0 Å². The van der Waals surface area contributed by atoms with E-state index in [9.17, 15) is 35.2 Å². The number of carbonyl (C=O) groups excluding carboxylic acids is 1. The average molecular weight is 497 g/mol. The van der Waals surface area contributed by atoms with Crippen LogP contribution in [-0.4, -0.2) is 56.9 Å². The largest absolute Gasteiger partial charge is 0.458 e. The Kier molecular flexibility index (Phi) is 5.55. The first kappa shape index (κ1) is 24.2. The molecule has 12 nitrogen and oxygen atoms in total. The van der Waals surface area contributed by atoms with Crippen molar-refractivity contribution in [1.82, 2.24) is 0 Å². The van der Waals surface area contributed by atoms with Crippen LogP contribution < -0.4 is 0 Å². The van der Waals surface area contributed by atoms with Crippen molar-refractivity contribution in [2.45, 2.75) is 82.0 Å². The normalized spacial score (nSPS) is 46.5. The molecule has 8 atom stereocenters. The first-order chi connectivity index (χ1) is 16.4. The topological polar surface area (TPSA) is 171 Å². The highest BCUT2D eigenvalue weighted by Crippen LogP contribution is 2.70. The number of nitrogens with zero attached hydrogens (tertiary/aromatic N) is 2. The molecule has 1 heterocycles. The van der Waals surface area contributed by atoms with Gasteiger partial charge in [0, 0.05) is 23.3 Å². The highest BCUT2D eigenvalue weighted by Gasteiger charge is 2.71. The van der Waals surface area contributed by atoms with Crippen LogP contribution in [0.3, 0.4) is 0 Å². The lowest BCUT2D eigenvalue weighted by Gasteiger charge is -2.66. The van der Waals surface area contributed by atoms with Crippen molar-refractivity contribution in [2.75, 3.05) is 13.2 Å². The minimum atomic E-state index is -1.44. The van der Waals surface area contributed by atoms with E-state index in [4.69, 9.17) is 14.4 Å². The van der Waals surface area contributed by atoms with Gasteiger partial charge in [-0.3, -0.25) is 0 Å². The molecule has 12 heteroatoms. The molecule has 0 saturated heterocycles. The fourth-order valence-corrected chi connectivity index (χ4v) is 8.85. The maximum atomic E-state index is 12.3. The molecule has 0 spiro atoms. The second-order valence-electron chi connectivity index (χ2n) is 11.4. The van der Waals surface area contributed by atoms with Gasteiger partial charge < -0.3 is 24.6 Å². The number of aliphatic hydroxyl groups is 2. The number of ether oxygens (including phenoxy) is 1. The number of fused-ring (bicyclic) bond motifs is 5. The van der Waals surface area contributed by atoms with E-state index in [0.717, 1.165) is 5.57 Å². The molecule has 0 radical (unpaired) electrons. The number of carbonyl (C=O) groups is 1. The molecule has 4 saturated carbocycles. The minimum Gasteiger partial charge on any atom is -0.458 e. The molecule has 2 N–H and O–H groups in total. The molecule has 0 bridgehead atoms. The summed E-state index contributed by atoms with van der Waals surface area (Å²) in [5.74, 6) is -0.852. The van der Waals surface area contributed by atoms with Gasteiger partial charge in [-0.2, -0.15) is 0 Å². The third-order valence-corrected chi connectivity index (χ3v) is 10.4. The first-order valence-electron chi connectivity index (χ1n) is 12.3. The summed E-state index contributed by atoms with van der Waals surface area (Å²) in [5.41, 5.74) is -3.15. The van der Waals surface area contributed by atoms with Gasteiger partial charge in [0.2, 0.25) is 0 Å². The van der Waals surface area contributed by atoms with Gasteiger partial charge in [-0.05, 0) is 74.7 Å². The predicted molar refractivity (Wildman–Crippen MR) is 116 cm³/mol. The van der Waals surface area contributed by atoms with Gasteiger partial charge in [0.15, 0.2) is 0 Å². The van der Waals surface area contributed by atoms with Crippen LogP contribution >= 0.6 is 0 Å². The van der Waals surface area contributed by atoms with Gasteiger partial charge in [0.05, 0.1) is 11.2 Å². The van der Waals surface area contributed by atoms with Crippen molar-refractivity contribution in [3.8, 4) is 0 Å². The van der Waals surface area contributed by atoms with Crippen LogP contribution in [0.1, 0.15) is 64.7 Å². The Morgan fingerprint density at radius 2 is 1.80 bits per heavy atom. The molecular formula is C23H32N2O10. The molecule has 4 unspecified atom stereocenters. The van der Waals surface area contributed by atoms with Gasteiger partial charge in [0.1, 0.15) is 19.3 Å². The molecule has 1 aliphatic heterocycles. The van der Waals surface area contributed by atoms with Crippen LogP contribution in [0.4, 0.5) is 0 Å². The van der Waals surface area contributed by atoms with Crippen LogP contribution in [0.15, 0.2) is 11.6 Å². The van der Waals surface area contributed by atoms with E-state index in [0.29, 0.717) is 32.1 Å². The molecule has 5 aliphatic rings. The second kappa shape index (κ2) is 8.02. The van der Waals surface area contributed by atoms with Gasteiger partial charge in [-0.15, -0.1) is 20.2 Å². The molecule has 35 heavy (non-hydrogen) atoms. The predicted octanol–water partition coefficient (Wildman–Crippen LogP) is 2.12. The van der Waals surface area contributed by atoms with Gasteiger partial charge in [-0.25, -0.2) is 4.79 Å². The average Bonchev–Trinajstić information content (AvgIpc) is 3.31. The van der Waals surface area contributed by atoms with Crippen molar-refractivity contribution < 1.29 is 39.6 Å². The Bertz CT molecular complexity index is 972. The molecule has 0 aromatic heterocycles. The zero-order valence-corrected chi connectivity index (χ0v) is 19.7. The summed E-state index contributed by atoms with van der Waals surface area (Å²) in [4.78, 5) is 43.5. The van der Waals surface area contributed by atoms with E-state index in [1.165, 1.54) is 6.08 Å². The molecule has 194 valence electrons. The molecule has 4 fully saturated rings. The maximum Gasteiger partial charge on any atom is 0.331 e. The lowest BCUT2D eigenvalue weighted by atomic mass is 9.41. The number of hydrogen-bond acceptors (Lipinski definition) is 10. The summed E-state index contributed by atoms with van der Waals surface area (Å²) < 4.78 is 5.15. The highest BCUT2D eigenvalue weighted by atomic mass is 17.0. The standard InChI is InChI=1S/C23H32N2O10/c1-20-6-3-17-18(23(20,28)9-5-16(20)14-10-19(26)33-12-14)4-8-22(27)11-15(35-25(31)32)2-7-21(17,22)13-34-24(29)30/h10,15-18,27-28H,2-9,11-13H2,1H3/t15?,16-,17-,18?,20+,21-,22?,23?/m0/s1. The van der Waals surface area contributed by atoms with Crippen molar-refractivity contribution in [3.63, 3.8) is 0 Å². The zero-order valence-electron chi connectivity index (χ0n) is 19.7. The maximum absolute atomic E-state index is 12.3. The summed E-state index contributed by atoms with van der Waals surface area (Å²) in [6, 6.07) is 0. The minimum absolute atomic E-state index is 0.00378. The van der Waals surface area contributed by atoms with Crippen LogP contribution in [0, 0.1) is 48.8 Å². The Morgan fingerprint density at radius 1 is 1.06 bits per heavy atom. The summed E-state index contributed by atoms with van der Waals surface area (Å²) >= 11 is 0. The van der Waals surface area contributed by atoms with Crippen molar-refractivity contribution in [3.05, 3.63) is 31.9 Å². The summed E-state index contributed by atoms with van der Waals surface area (Å²) in [6.45, 7) is 1.97. The molecule has 0 amide bonds.